The molecule has 0 aliphatic carbocycles. The van der Waals surface area contributed by atoms with E-state index in [9.17, 15) is 4.79 Å². The Labute approximate surface area is 127 Å². The summed E-state index contributed by atoms with van der Waals surface area (Å²) in [6.45, 7) is 11.2. The van der Waals surface area contributed by atoms with E-state index in [0.29, 0.717) is 12.3 Å². The van der Waals surface area contributed by atoms with Crippen molar-refractivity contribution in [3.63, 3.8) is 0 Å². The SMILES string of the molecule is CC(C)CC1(Cc2ccc(C(C)(C)C)s2)CCC(=O)N1. The van der Waals surface area contributed by atoms with E-state index in [4.69, 9.17) is 0 Å². The second kappa shape index (κ2) is 5.51. The van der Waals surface area contributed by atoms with Crippen LogP contribution in [0.5, 0.6) is 0 Å². The molecule has 1 aromatic rings. The Balaban J connectivity index is 2.16. The van der Waals surface area contributed by atoms with Crippen LogP contribution < -0.4 is 5.32 Å². The standard InChI is InChI=1S/C17H27NOS/c1-12(2)10-17(9-8-15(19)18-17)11-13-6-7-14(20-13)16(3,4)5/h6-7,12H,8-11H2,1-5H3,(H,18,19). The maximum Gasteiger partial charge on any atom is 0.220 e. The third kappa shape index (κ3) is 3.63. The van der Waals surface area contributed by atoms with E-state index in [1.54, 1.807) is 0 Å². The maximum atomic E-state index is 11.7. The van der Waals surface area contributed by atoms with E-state index in [-0.39, 0.29) is 16.9 Å². The summed E-state index contributed by atoms with van der Waals surface area (Å²) in [5.41, 5.74) is 0.207. The van der Waals surface area contributed by atoms with Crippen LogP contribution in [0.2, 0.25) is 0 Å². The van der Waals surface area contributed by atoms with Crippen LogP contribution in [0.1, 0.15) is 63.6 Å². The van der Waals surface area contributed by atoms with Gasteiger partial charge in [0.15, 0.2) is 0 Å². The van der Waals surface area contributed by atoms with Gasteiger partial charge in [0.2, 0.25) is 5.91 Å². The summed E-state index contributed by atoms with van der Waals surface area (Å²) in [6.07, 6.45) is 3.72. The van der Waals surface area contributed by atoms with E-state index in [1.165, 1.54) is 9.75 Å². The summed E-state index contributed by atoms with van der Waals surface area (Å²) in [5.74, 6) is 0.827. The van der Waals surface area contributed by atoms with E-state index in [0.717, 1.165) is 19.3 Å². The first-order valence-corrected chi connectivity index (χ1v) is 8.42. The number of carbonyl (C=O) groups is 1. The van der Waals surface area contributed by atoms with E-state index >= 15 is 0 Å². The molecule has 3 heteroatoms. The first kappa shape index (κ1) is 15.6. The molecule has 0 aromatic carbocycles. The third-order valence-electron chi connectivity index (χ3n) is 3.95. The monoisotopic (exact) mass is 293 g/mol. The number of rotatable bonds is 4. The molecule has 1 fully saturated rings. The van der Waals surface area contributed by atoms with Gasteiger partial charge in [0.05, 0.1) is 0 Å². The van der Waals surface area contributed by atoms with Gasteiger partial charge in [0, 0.05) is 28.1 Å². The number of amides is 1. The van der Waals surface area contributed by atoms with Crippen LogP contribution >= 0.6 is 11.3 Å². The van der Waals surface area contributed by atoms with E-state index in [2.05, 4.69) is 52.1 Å². The smallest absolute Gasteiger partial charge is 0.220 e. The molecule has 0 bridgehead atoms. The van der Waals surface area contributed by atoms with Gasteiger partial charge in [-0.05, 0) is 36.3 Å². The molecule has 1 saturated heterocycles. The van der Waals surface area contributed by atoms with E-state index in [1.807, 2.05) is 11.3 Å². The molecule has 1 aliphatic heterocycles. The van der Waals surface area contributed by atoms with Crippen molar-refractivity contribution in [3.05, 3.63) is 21.9 Å². The van der Waals surface area contributed by atoms with Gasteiger partial charge in [-0.15, -0.1) is 11.3 Å². The van der Waals surface area contributed by atoms with Crippen LogP contribution in [0.3, 0.4) is 0 Å². The van der Waals surface area contributed by atoms with Gasteiger partial charge in [-0.25, -0.2) is 0 Å². The molecule has 0 saturated carbocycles. The Morgan fingerprint density at radius 3 is 2.50 bits per heavy atom. The van der Waals surface area contributed by atoms with Crippen LogP contribution in [0.15, 0.2) is 12.1 Å². The Morgan fingerprint density at radius 2 is 2.05 bits per heavy atom. The summed E-state index contributed by atoms with van der Waals surface area (Å²) >= 11 is 1.90. The van der Waals surface area contributed by atoms with Crippen LogP contribution in [-0.4, -0.2) is 11.4 Å². The molecule has 1 aromatic heterocycles. The number of hydrogen-bond acceptors (Lipinski definition) is 2. The van der Waals surface area contributed by atoms with Gasteiger partial charge in [0.25, 0.3) is 0 Å². The molecule has 0 radical (unpaired) electrons. The first-order chi connectivity index (χ1) is 9.20. The number of hydrogen-bond donors (Lipinski definition) is 1. The van der Waals surface area contributed by atoms with Crippen molar-refractivity contribution in [2.45, 2.75) is 71.3 Å². The van der Waals surface area contributed by atoms with Crippen LogP contribution in [-0.2, 0) is 16.6 Å². The molecular weight excluding hydrogens is 266 g/mol. The predicted molar refractivity (Wildman–Crippen MR) is 86.3 cm³/mol. The second-order valence-electron chi connectivity index (χ2n) is 7.62. The minimum Gasteiger partial charge on any atom is -0.350 e. The van der Waals surface area contributed by atoms with Gasteiger partial charge < -0.3 is 5.32 Å². The maximum absolute atomic E-state index is 11.7. The lowest BCUT2D eigenvalue weighted by Crippen LogP contribution is -2.44. The summed E-state index contributed by atoms with van der Waals surface area (Å²) in [4.78, 5) is 14.5. The van der Waals surface area contributed by atoms with Crippen molar-refractivity contribution < 1.29 is 4.79 Å². The van der Waals surface area contributed by atoms with Gasteiger partial charge in [-0.3, -0.25) is 4.79 Å². The lowest BCUT2D eigenvalue weighted by molar-refractivity contribution is -0.119. The highest BCUT2D eigenvalue weighted by molar-refractivity contribution is 7.12. The highest BCUT2D eigenvalue weighted by atomic mass is 32.1. The molecule has 2 nitrogen and oxygen atoms in total. The summed E-state index contributed by atoms with van der Waals surface area (Å²) in [5, 5.41) is 3.26. The molecule has 1 atom stereocenters. The zero-order chi connectivity index (χ0) is 15.0. The Hall–Kier alpha value is -0.830. The molecule has 20 heavy (non-hydrogen) atoms. The highest BCUT2D eigenvalue weighted by Gasteiger charge is 2.38. The van der Waals surface area contributed by atoms with Gasteiger partial charge in [0.1, 0.15) is 0 Å². The predicted octanol–water partition coefficient (Wildman–Crippen LogP) is 4.28. The zero-order valence-corrected chi connectivity index (χ0v) is 14.2. The van der Waals surface area contributed by atoms with Crippen LogP contribution in [0.25, 0.3) is 0 Å². The fourth-order valence-electron chi connectivity index (χ4n) is 3.12. The average molecular weight is 293 g/mol. The molecule has 1 unspecified atom stereocenters. The minimum absolute atomic E-state index is 0.00867. The summed E-state index contributed by atoms with van der Waals surface area (Å²) in [7, 11) is 0. The second-order valence-corrected chi connectivity index (χ2v) is 8.79. The highest BCUT2D eigenvalue weighted by Crippen LogP contribution is 2.35. The molecular formula is C17H27NOS. The Bertz CT molecular complexity index is 483. The van der Waals surface area contributed by atoms with E-state index < -0.39 is 0 Å². The fraction of sp³-hybridized carbons (Fsp3) is 0.706. The molecule has 1 N–H and O–H groups in total. The number of nitrogens with one attached hydrogen (secondary N) is 1. The minimum atomic E-state index is -0.00867. The largest absolute Gasteiger partial charge is 0.350 e. The molecule has 0 spiro atoms. The van der Waals surface area contributed by atoms with Crippen molar-refractivity contribution in [1.82, 2.24) is 5.32 Å². The van der Waals surface area contributed by atoms with Gasteiger partial charge in [-0.1, -0.05) is 34.6 Å². The van der Waals surface area contributed by atoms with Gasteiger partial charge in [-0.2, -0.15) is 0 Å². The van der Waals surface area contributed by atoms with Gasteiger partial charge >= 0.3 is 0 Å². The molecule has 112 valence electrons. The Kier molecular flexibility index (Phi) is 4.29. The molecule has 2 rings (SSSR count). The van der Waals surface area contributed by atoms with Crippen molar-refractivity contribution in [3.8, 4) is 0 Å². The Morgan fingerprint density at radius 1 is 1.35 bits per heavy atom. The normalized spacial score (nSPS) is 23.4. The van der Waals surface area contributed by atoms with Crippen molar-refractivity contribution in [1.29, 1.82) is 0 Å². The number of thiophene rings is 1. The van der Waals surface area contributed by atoms with Crippen molar-refractivity contribution in [2.24, 2.45) is 5.92 Å². The topological polar surface area (TPSA) is 29.1 Å². The lowest BCUT2D eigenvalue weighted by Gasteiger charge is -2.30. The number of carbonyl (C=O) groups excluding carboxylic acids is 1. The van der Waals surface area contributed by atoms with Crippen molar-refractivity contribution in [2.75, 3.05) is 0 Å². The lowest BCUT2D eigenvalue weighted by atomic mass is 9.84. The van der Waals surface area contributed by atoms with Crippen LogP contribution in [0.4, 0.5) is 0 Å². The molecule has 2 heterocycles. The van der Waals surface area contributed by atoms with Crippen molar-refractivity contribution >= 4 is 17.2 Å². The summed E-state index contributed by atoms with van der Waals surface area (Å²) in [6, 6.07) is 4.50. The fourth-order valence-corrected chi connectivity index (χ4v) is 4.33. The molecule has 1 aliphatic rings. The third-order valence-corrected chi connectivity index (χ3v) is 5.46. The molecule has 1 amide bonds. The van der Waals surface area contributed by atoms with Crippen LogP contribution in [0, 0.1) is 5.92 Å². The quantitative estimate of drug-likeness (QED) is 0.882. The first-order valence-electron chi connectivity index (χ1n) is 7.60. The summed E-state index contributed by atoms with van der Waals surface area (Å²) < 4.78 is 0. The zero-order valence-electron chi connectivity index (χ0n) is 13.4. The average Bonchev–Trinajstić information content (AvgIpc) is 2.85.